The van der Waals surface area contributed by atoms with Gasteiger partial charge in [0.2, 0.25) is 0 Å². The first-order valence-corrected chi connectivity index (χ1v) is 5.94. The molecule has 1 N–H and O–H groups in total. The lowest BCUT2D eigenvalue weighted by molar-refractivity contribution is 0.136. The molecule has 0 heterocycles. The zero-order valence-corrected chi connectivity index (χ0v) is 10.9. The summed E-state index contributed by atoms with van der Waals surface area (Å²) in [7, 11) is 1.65. The highest BCUT2D eigenvalue weighted by molar-refractivity contribution is 9.10. The van der Waals surface area contributed by atoms with Crippen LogP contribution in [0.25, 0.3) is 0 Å². The highest BCUT2D eigenvalue weighted by Crippen LogP contribution is 2.29. The van der Waals surface area contributed by atoms with Crippen molar-refractivity contribution in [2.75, 3.05) is 13.7 Å². The summed E-state index contributed by atoms with van der Waals surface area (Å²) in [5, 5.41) is 10.5. The van der Waals surface area contributed by atoms with Gasteiger partial charge in [-0.1, -0.05) is 27.5 Å². The van der Waals surface area contributed by atoms with Gasteiger partial charge in [-0.05, 0) is 36.6 Å². The molecule has 0 aliphatic carbocycles. The molecule has 4 heteroatoms. The maximum absolute atomic E-state index is 9.91. The summed E-state index contributed by atoms with van der Waals surface area (Å²) in [6.45, 7) is 0.662. The molecule has 0 aliphatic heterocycles. The molecule has 0 saturated carbocycles. The maximum Gasteiger partial charge on any atom is 0.0802 e. The number of hydrogen-bond donors (Lipinski definition) is 1. The molecular weight excluding hydrogens is 279 g/mol. The van der Waals surface area contributed by atoms with Crippen molar-refractivity contribution in [1.82, 2.24) is 0 Å². The fourth-order valence-corrected chi connectivity index (χ4v) is 2.04. The Hall–Kier alpha value is -0.0900. The van der Waals surface area contributed by atoms with Crippen LogP contribution in [0, 0.1) is 0 Å². The highest BCUT2D eigenvalue weighted by Gasteiger charge is 2.11. The second-order valence-electron chi connectivity index (χ2n) is 3.32. The molecule has 0 fully saturated rings. The van der Waals surface area contributed by atoms with Crippen molar-refractivity contribution in [3.05, 3.63) is 33.3 Å². The number of benzene rings is 1. The van der Waals surface area contributed by atoms with Crippen molar-refractivity contribution in [2.24, 2.45) is 0 Å². The predicted octanol–water partition coefficient (Wildman–Crippen LogP) is 3.56. The number of ether oxygens (including phenoxy) is 1. The molecule has 0 spiro atoms. The molecule has 1 aromatic carbocycles. The van der Waals surface area contributed by atoms with E-state index in [1.807, 2.05) is 6.07 Å². The van der Waals surface area contributed by atoms with Crippen molar-refractivity contribution in [1.29, 1.82) is 0 Å². The standard InChI is InChI=1S/C11H14BrClO2/c1-15-6-2-3-11(14)9-7-8(13)4-5-10(9)12/h4-5,7,11,14H,2-3,6H2,1H3. The minimum Gasteiger partial charge on any atom is -0.388 e. The number of aliphatic hydroxyl groups excluding tert-OH is 1. The van der Waals surface area contributed by atoms with E-state index in [0.29, 0.717) is 18.1 Å². The van der Waals surface area contributed by atoms with Crippen LogP contribution >= 0.6 is 27.5 Å². The van der Waals surface area contributed by atoms with Gasteiger partial charge >= 0.3 is 0 Å². The first kappa shape index (κ1) is 13.0. The second kappa shape index (κ2) is 6.48. The quantitative estimate of drug-likeness (QED) is 0.841. The molecular formula is C11H14BrClO2. The summed E-state index contributed by atoms with van der Waals surface area (Å²) < 4.78 is 5.82. The number of hydrogen-bond acceptors (Lipinski definition) is 2. The number of halogens is 2. The fraction of sp³-hybridized carbons (Fsp3) is 0.455. The third-order valence-corrected chi connectivity index (χ3v) is 3.10. The van der Waals surface area contributed by atoms with E-state index in [2.05, 4.69) is 15.9 Å². The van der Waals surface area contributed by atoms with Gasteiger partial charge in [-0.3, -0.25) is 0 Å². The van der Waals surface area contributed by atoms with Gasteiger partial charge in [-0.2, -0.15) is 0 Å². The zero-order valence-electron chi connectivity index (χ0n) is 8.54. The SMILES string of the molecule is COCCCC(O)c1cc(Cl)ccc1Br. The molecule has 0 saturated heterocycles. The third kappa shape index (κ3) is 4.11. The first-order chi connectivity index (χ1) is 7.15. The monoisotopic (exact) mass is 292 g/mol. The normalized spacial score (nSPS) is 12.8. The summed E-state index contributed by atoms with van der Waals surface area (Å²) >= 11 is 9.26. The van der Waals surface area contributed by atoms with E-state index in [1.165, 1.54) is 0 Å². The summed E-state index contributed by atoms with van der Waals surface area (Å²) in [4.78, 5) is 0. The lowest BCUT2D eigenvalue weighted by atomic mass is 10.1. The Morgan fingerprint density at radius 1 is 1.53 bits per heavy atom. The smallest absolute Gasteiger partial charge is 0.0802 e. The van der Waals surface area contributed by atoms with Gasteiger partial charge < -0.3 is 9.84 Å². The lowest BCUT2D eigenvalue weighted by Crippen LogP contribution is -2.00. The number of rotatable bonds is 5. The Bertz CT molecular complexity index is 317. The number of aliphatic hydroxyl groups is 1. The van der Waals surface area contributed by atoms with Crippen molar-refractivity contribution >= 4 is 27.5 Å². The number of methoxy groups -OCH3 is 1. The van der Waals surface area contributed by atoms with Crippen LogP contribution in [0.1, 0.15) is 24.5 Å². The maximum atomic E-state index is 9.91. The summed E-state index contributed by atoms with van der Waals surface area (Å²) in [5.74, 6) is 0. The molecule has 0 radical (unpaired) electrons. The Balaban J connectivity index is 2.64. The predicted molar refractivity (Wildman–Crippen MR) is 65.2 cm³/mol. The van der Waals surface area contributed by atoms with E-state index >= 15 is 0 Å². The van der Waals surface area contributed by atoms with E-state index in [0.717, 1.165) is 16.5 Å². The molecule has 1 atom stereocenters. The van der Waals surface area contributed by atoms with E-state index in [9.17, 15) is 5.11 Å². The molecule has 15 heavy (non-hydrogen) atoms. The van der Waals surface area contributed by atoms with Crippen LogP contribution in [-0.2, 0) is 4.74 Å². The van der Waals surface area contributed by atoms with Gasteiger partial charge in [0.15, 0.2) is 0 Å². The van der Waals surface area contributed by atoms with Gasteiger partial charge in [0.25, 0.3) is 0 Å². The van der Waals surface area contributed by atoms with Crippen LogP contribution in [0.5, 0.6) is 0 Å². The Labute approximate surface area is 103 Å². The van der Waals surface area contributed by atoms with Crippen LogP contribution in [0.2, 0.25) is 5.02 Å². The molecule has 0 aliphatic rings. The zero-order chi connectivity index (χ0) is 11.3. The molecule has 1 aromatic rings. The van der Waals surface area contributed by atoms with Crippen molar-refractivity contribution < 1.29 is 9.84 Å². The first-order valence-electron chi connectivity index (χ1n) is 4.77. The van der Waals surface area contributed by atoms with Crippen LogP contribution in [0.3, 0.4) is 0 Å². The van der Waals surface area contributed by atoms with E-state index in [4.69, 9.17) is 16.3 Å². The van der Waals surface area contributed by atoms with Gasteiger partial charge in [0.05, 0.1) is 6.10 Å². The lowest BCUT2D eigenvalue weighted by Gasteiger charge is -2.12. The molecule has 0 amide bonds. The van der Waals surface area contributed by atoms with Gasteiger partial charge in [-0.15, -0.1) is 0 Å². The topological polar surface area (TPSA) is 29.5 Å². The molecule has 1 rings (SSSR count). The minimum absolute atomic E-state index is 0.492. The summed E-state index contributed by atoms with van der Waals surface area (Å²) in [5.41, 5.74) is 0.832. The van der Waals surface area contributed by atoms with Crippen LogP contribution in [0.15, 0.2) is 22.7 Å². The average Bonchev–Trinajstić information content (AvgIpc) is 2.22. The average molecular weight is 294 g/mol. The van der Waals surface area contributed by atoms with Gasteiger partial charge in [-0.25, -0.2) is 0 Å². The van der Waals surface area contributed by atoms with Crippen LogP contribution in [-0.4, -0.2) is 18.8 Å². The van der Waals surface area contributed by atoms with Gasteiger partial charge in [0.1, 0.15) is 0 Å². The van der Waals surface area contributed by atoms with Crippen LogP contribution < -0.4 is 0 Å². The van der Waals surface area contributed by atoms with E-state index in [1.54, 1.807) is 19.2 Å². The Kier molecular flexibility index (Phi) is 5.61. The minimum atomic E-state index is -0.492. The molecule has 1 unspecified atom stereocenters. The van der Waals surface area contributed by atoms with Crippen LogP contribution in [0.4, 0.5) is 0 Å². The van der Waals surface area contributed by atoms with Gasteiger partial charge in [0, 0.05) is 23.2 Å². The largest absolute Gasteiger partial charge is 0.388 e. The van der Waals surface area contributed by atoms with Crippen molar-refractivity contribution in [3.8, 4) is 0 Å². The van der Waals surface area contributed by atoms with E-state index < -0.39 is 6.10 Å². The second-order valence-corrected chi connectivity index (χ2v) is 4.61. The Morgan fingerprint density at radius 2 is 2.27 bits per heavy atom. The van der Waals surface area contributed by atoms with Crippen molar-refractivity contribution in [2.45, 2.75) is 18.9 Å². The van der Waals surface area contributed by atoms with E-state index in [-0.39, 0.29) is 0 Å². The van der Waals surface area contributed by atoms with Crippen molar-refractivity contribution in [3.63, 3.8) is 0 Å². The summed E-state index contributed by atoms with van der Waals surface area (Å²) in [6.07, 6.45) is 1.01. The fourth-order valence-electron chi connectivity index (χ4n) is 1.35. The molecule has 84 valence electrons. The third-order valence-electron chi connectivity index (χ3n) is 2.14. The molecule has 2 nitrogen and oxygen atoms in total. The molecule has 0 aromatic heterocycles. The highest BCUT2D eigenvalue weighted by atomic mass is 79.9. The molecule has 0 bridgehead atoms. The Morgan fingerprint density at radius 3 is 2.93 bits per heavy atom. The summed E-state index contributed by atoms with van der Waals surface area (Å²) in [6, 6.07) is 5.41.